The number of piperazine rings is 1. The minimum atomic E-state index is -4.48. The number of nitrogens with zero attached hydrogens (tertiary/aromatic N) is 4. The van der Waals surface area contributed by atoms with Crippen LogP contribution in [0.5, 0.6) is 5.88 Å². The van der Waals surface area contributed by atoms with E-state index in [2.05, 4.69) is 4.98 Å². The number of pyridine rings is 1. The fourth-order valence-corrected chi connectivity index (χ4v) is 6.03. The number of amides is 2. The second-order valence-corrected chi connectivity index (χ2v) is 12.1. The zero-order valence-corrected chi connectivity index (χ0v) is 22.6. The van der Waals surface area contributed by atoms with Gasteiger partial charge in [0, 0.05) is 68.4 Å². The molecule has 2 fully saturated rings. The van der Waals surface area contributed by atoms with E-state index in [1.54, 1.807) is 21.9 Å². The van der Waals surface area contributed by atoms with Gasteiger partial charge in [0.1, 0.15) is 6.10 Å². The van der Waals surface area contributed by atoms with Crippen LogP contribution >= 0.6 is 11.6 Å². The molecule has 2 saturated heterocycles. The van der Waals surface area contributed by atoms with Crippen LogP contribution in [0.3, 0.4) is 0 Å². The van der Waals surface area contributed by atoms with E-state index >= 15 is 0 Å². The molecule has 0 radical (unpaired) electrons. The molecule has 3 heterocycles. The van der Waals surface area contributed by atoms with Crippen molar-refractivity contribution in [3.63, 3.8) is 0 Å². The van der Waals surface area contributed by atoms with E-state index in [1.165, 1.54) is 10.4 Å². The molecule has 2 amide bonds. The summed E-state index contributed by atoms with van der Waals surface area (Å²) < 4.78 is 69.7. The number of hydrogen-bond acceptors (Lipinski definition) is 5. The van der Waals surface area contributed by atoms with E-state index in [4.69, 9.17) is 16.3 Å². The summed E-state index contributed by atoms with van der Waals surface area (Å²) in [6, 6.07) is 9.38. The summed E-state index contributed by atoms with van der Waals surface area (Å²) in [5.74, 6) is -0.0688. The maximum absolute atomic E-state index is 13.4. The SMILES string of the molecule is CC(Oc1ccc(C(F)(F)F)cn1)C1CCN(C(=O)N2CCN(S(C)(=O)=O)CC2)CC1c1ccc(Cl)cc1. The second-order valence-electron chi connectivity index (χ2n) is 9.69. The van der Waals surface area contributed by atoms with Crippen LogP contribution in [0, 0.1) is 5.92 Å². The van der Waals surface area contributed by atoms with Gasteiger partial charge < -0.3 is 14.5 Å². The molecule has 2 aromatic rings. The first-order valence-electron chi connectivity index (χ1n) is 12.3. The van der Waals surface area contributed by atoms with Crippen LogP contribution in [0.1, 0.15) is 30.4 Å². The lowest BCUT2D eigenvalue weighted by atomic mass is 9.78. The van der Waals surface area contributed by atoms with Gasteiger partial charge in [-0.3, -0.25) is 0 Å². The Balaban J connectivity index is 1.47. The fraction of sp³-hybridized carbons (Fsp3) is 0.520. The first-order valence-corrected chi connectivity index (χ1v) is 14.5. The summed E-state index contributed by atoms with van der Waals surface area (Å²) in [6.07, 6.45) is -2.35. The highest BCUT2D eigenvalue weighted by molar-refractivity contribution is 7.88. The van der Waals surface area contributed by atoms with Gasteiger partial charge in [-0.25, -0.2) is 18.2 Å². The number of rotatable bonds is 5. The molecule has 0 aliphatic carbocycles. The van der Waals surface area contributed by atoms with Crippen LogP contribution in [0.25, 0.3) is 0 Å². The van der Waals surface area contributed by atoms with E-state index in [-0.39, 0.29) is 36.8 Å². The maximum atomic E-state index is 13.4. The number of carbonyl (C=O) groups excluding carboxylic acids is 1. The number of likely N-dealkylation sites (tertiary alicyclic amines) is 1. The minimum absolute atomic E-state index is 0.0496. The molecule has 8 nitrogen and oxygen atoms in total. The first-order chi connectivity index (χ1) is 17.8. The number of urea groups is 1. The van der Waals surface area contributed by atoms with Gasteiger partial charge in [0.25, 0.3) is 0 Å². The molecule has 0 N–H and O–H groups in total. The molecule has 0 spiro atoms. The Kier molecular flexibility index (Phi) is 8.43. The van der Waals surface area contributed by atoms with Crippen molar-refractivity contribution in [2.75, 3.05) is 45.5 Å². The molecule has 13 heteroatoms. The second kappa shape index (κ2) is 11.3. The number of piperidine rings is 1. The monoisotopic (exact) mass is 574 g/mol. The number of carbonyl (C=O) groups is 1. The lowest BCUT2D eigenvalue weighted by Gasteiger charge is -2.43. The van der Waals surface area contributed by atoms with Gasteiger partial charge in [-0.05, 0) is 37.1 Å². The van der Waals surface area contributed by atoms with Gasteiger partial charge >= 0.3 is 12.2 Å². The molecule has 38 heavy (non-hydrogen) atoms. The van der Waals surface area contributed by atoms with Crippen molar-refractivity contribution in [3.05, 3.63) is 58.7 Å². The van der Waals surface area contributed by atoms with E-state index in [1.807, 2.05) is 19.1 Å². The number of benzene rings is 1. The topological polar surface area (TPSA) is 83.1 Å². The van der Waals surface area contributed by atoms with E-state index in [0.29, 0.717) is 37.6 Å². The smallest absolute Gasteiger partial charge is 0.417 e. The highest BCUT2D eigenvalue weighted by Gasteiger charge is 2.39. The summed E-state index contributed by atoms with van der Waals surface area (Å²) in [6.45, 7) is 3.88. The molecule has 4 rings (SSSR count). The summed E-state index contributed by atoms with van der Waals surface area (Å²) in [5.41, 5.74) is 0.121. The number of halogens is 4. The normalized spacial score (nSPS) is 22.3. The third kappa shape index (κ3) is 6.70. The summed E-state index contributed by atoms with van der Waals surface area (Å²) >= 11 is 6.10. The van der Waals surface area contributed by atoms with Crippen LogP contribution in [-0.2, 0) is 16.2 Å². The first kappa shape index (κ1) is 28.4. The highest BCUT2D eigenvalue weighted by atomic mass is 35.5. The van der Waals surface area contributed by atoms with Crippen molar-refractivity contribution in [2.45, 2.75) is 31.5 Å². The van der Waals surface area contributed by atoms with Crippen LogP contribution in [0.4, 0.5) is 18.0 Å². The Morgan fingerprint density at radius 3 is 2.26 bits per heavy atom. The molecule has 208 valence electrons. The quantitative estimate of drug-likeness (QED) is 0.531. The average Bonchev–Trinajstić information content (AvgIpc) is 2.88. The summed E-state index contributed by atoms with van der Waals surface area (Å²) in [5, 5.41) is 0.580. The molecule has 0 bridgehead atoms. The van der Waals surface area contributed by atoms with Crippen LogP contribution in [0.2, 0.25) is 5.02 Å². The van der Waals surface area contributed by atoms with Gasteiger partial charge in [-0.15, -0.1) is 0 Å². The zero-order chi connectivity index (χ0) is 27.7. The molecular formula is C25H30ClF3N4O4S. The van der Waals surface area contributed by atoms with Crippen molar-refractivity contribution in [3.8, 4) is 5.88 Å². The number of hydrogen-bond donors (Lipinski definition) is 0. The Morgan fingerprint density at radius 1 is 1.05 bits per heavy atom. The summed E-state index contributed by atoms with van der Waals surface area (Å²) in [4.78, 5) is 20.6. The molecular weight excluding hydrogens is 545 g/mol. The van der Waals surface area contributed by atoms with Gasteiger partial charge in [0.05, 0.1) is 11.8 Å². The summed E-state index contributed by atoms with van der Waals surface area (Å²) in [7, 11) is -3.30. The van der Waals surface area contributed by atoms with Crippen molar-refractivity contribution in [1.29, 1.82) is 0 Å². The zero-order valence-electron chi connectivity index (χ0n) is 21.1. The molecule has 1 aromatic carbocycles. The number of sulfonamides is 1. The van der Waals surface area contributed by atoms with Gasteiger partial charge in [-0.2, -0.15) is 17.5 Å². The van der Waals surface area contributed by atoms with E-state index in [0.717, 1.165) is 24.1 Å². The van der Waals surface area contributed by atoms with Crippen molar-refractivity contribution in [2.24, 2.45) is 5.92 Å². The van der Waals surface area contributed by atoms with Gasteiger partial charge in [0.2, 0.25) is 15.9 Å². The maximum Gasteiger partial charge on any atom is 0.417 e. The average molecular weight is 575 g/mol. The Hall–Kier alpha value is -2.57. The van der Waals surface area contributed by atoms with Crippen LogP contribution in [-0.4, -0.2) is 85.2 Å². The Labute approximate surface area is 225 Å². The van der Waals surface area contributed by atoms with Crippen molar-refractivity contribution in [1.82, 2.24) is 19.1 Å². The van der Waals surface area contributed by atoms with E-state index < -0.39 is 27.9 Å². The van der Waals surface area contributed by atoms with Crippen molar-refractivity contribution < 1.29 is 31.1 Å². The predicted molar refractivity (Wildman–Crippen MR) is 137 cm³/mol. The number of alkyl halides is 3. The van der Waals surface area contributed by atoms with Crippen LogP contribution < -0.4 is 4.74 Å². The lowest BCUT2D eigenvalue weighted by molar-refractivity contribution is -0.137. The standard InChI is InChI=1S/C25H30ClF3N4O4S/c1-17(37-23-8-5-19(15-30-23)25(27,28)29)21-9-10-32(16-22(21)18-3-6-20(26)7-4-18)24(34)31-11-13-33(14-12-31)38(2,35)36/h3-8,15,17,21-22H,9-14,16H2,1-2H3. The Bertz CT molecular complexity index is 1220. The highest BCUT2D eigenvalue weighted by Crippen LogP contribution is 2.37. The van der Waals surface area contributed by atoms with Gasteiger partial charge in [0.15, 0.2) is 0 Å². The van der Waals surface area contributed by atoms with Crippen LogP contribution in [0.15, 0.2) is 42.6 Å². The molecule has 3 atom stereocenters. The third-order valence-electron chi connectivity index (χ3n) is 7.19. The number of ether oxygens (including phenoxy) is 1. The third-order valence-corrected chi connectivity index (χ3v) is 8.74. The predicted octanol–water partition coefficient (Wildman–Crippen LogP) is 4.32. The minimum Gasteiger partial charge on any atom is -0.474 e. The lowest BCUT2D eigenvalue weighted by Crippen LogP contribution is -2.56. The molecule has 0 saturated carbocycles. The van der Waals surface area contributed by atoms with E-state index in [9.17, 15) is 26.4 Å². The Morgan fingerprint density at radius 2 is 1.71 bits per heavy atom. The van der Waals surface area contributed by atoms with Gasteiger partial charge in [-0.1, -0.05) is 23.7 Å². The molecule has 2 aliphatic rings. The molecule has 2 aliphatic heterocycles. The number of aromatic nitrogens is 1. The fourth-order valence-electron chi connectivity index (χ4n) is 5.07. The largest absolute Gasteiger partial charge is 0.474 e. The van der Waals surface area contributed by atoms with Crippen molar-refractivity contribution >= 4 is 27.7 Å². The molecule has 1 aromatic heterocycles. The molecule has 3 unspecified atom stereocenters.